The topological polar surface area (TPSA) is 46.4 Å². The molecule has 0 radical (unpaired) electrons. The number of imidazole rings is 1. The molecule has 0 bridgehead atoms. The Kier molecular flexibility index (Phi) is 4.06. The molecule has 5 rings (SSSR count). The summed E-state index contributed by atoms with van der Waals surface area (Å²) in [6, 6.07) is 14.5. The lowest BCUT2D eigenvalue weighted by Gasteiger charge is -2.26. The summed E-state index contributed by atoms with van der Waals surface area (Å²) in [6.07, 6.45) is 3.71. The van der Waals surface area contributed by atoms with E-state index in [0.717, 1.165) is 51.5 Å². The molecule has 1 aliphatic heterocycles. The molecular weight excluding hydrogens is 354 g/mol. The predicted molar refractivity (Wildman–Crippen MR) is 111 cm³/mol. The van der Waals surface area contributed by atoms with E-state index in [9.17, 15) is 4.79 Å². The van der Waals surface area contributed by atoms with Crippen LogP contribution in [0.5, 0.6) is 0 Å². The Hall–Kier alpha value is -2.50. The maximum Gasteiger partial charge on any atom is 0.195 e. The molecule has 1 N–H and O–H groups in total. The van der Waals surface area contributed by atoms with Gasteiger partial charge in [0.05, 0.1) is 15.9 Å². The zero-order valence-corrected chi connectivity index (χ0v) is 16.1. The van der Waals surface area contributed by atoms with E-state index >= 15 is 0 Å². The standard InChI is InChI=1S/C22H21N3OS/c1-14-2-5-16(6-3-14)18-13-25-19-8-7-17(10-21(19)27-22(25)24-18)20(26)9-4-15-11-23-12-15/h2-3,5-8,10,13,15,23H,4,9,11-12H2,1H3. The quantitative estimate of drug-likeness (QED) is 0.514. The largest absolute Gasteiger partial charge is 0.316 e. The molecule has 1 aliphatic rings. The van der Waals surface area contributed by atoms with E-state index in [-0.39, 0.29) is 5.78 Å². The van der Waals surface area contributed by atoms with Gasteiger partial charge in [0, 0.05) is 23.7 Å². The molecule has 2 aromatic heterocycles. The van der Waals surface area contributed by atoms with Crippen molar-refractivity contribution in [2.24, 2.45) is 5.92 Å². The van der Waals surface area contributed by atoms with Crippen LogP contribution in [0.25, 0.3) is 26.4 Å². The van der Waals surface area contributed by atoms with Crippen molar-refractivity contribution in [3.8, 4) is 11.3 Å². The number of nitrogens with one attached hydrogen (secondary N) is 1. The third-order valence-corrected chi connectivity index (χ3v) is 6.43. The van der Waals surface area contributed by atoms with Crippen LogP contribution in [0.2, 0.25) is 0 Å². The van der Waals surface area contributed by atoms with E-state index in [1.807, 2.05) is 12.1 Å². The van der Waals surface area contributed by atoms with Crippen LogP contribution in [0.4, 0.5) is 0 Å². The number of aryl methyl sites for hydroxylation is 1. The molecule has 27 heavy (non-hydrogen) atoms. The van der Waals surface area contributed by atoms with Gasteiger partial charge in [-0.05, 0) is 50.6 Å². The summed E-state index contributed by atoms with van der Waals surface area (Å²) in [5.41, 5.74) is 5.29. The lowest BCUT2D eigenvalue weighted by atomic mass is 9.94. The Morgan fingerprint density at radius 1 is 1.22 bits per heavy atom. The number of rotatable bonds is 5. The molecule has 5 heteroatoms. The van der Waals surface area contributed by atoms with Crippen molar-refractivity contribution >= 4 is 32.3 Å². The van der Waals surface area contributed by atoms with Gasteiger partial charge in [-0.15, -0.1) is 0 Å². The number of hydrogen-bond acceptors (Lipinski definition) is 4. The van der Waals surface area contributed by atoms with Crippen LogP contribution in [0.1, 0.15) is 28.8 Å². The fourth-order valence-corrected chi connectivity index (χ4v) is 4.62. The van der Waals surface area contributed by atoms with Gasteiger partial charge in [-0.1, -0.05) is 41.2 Å². The fourth-order valence-electron chi connectivity index (χ4n) is 3.57. The molecule has 1 fully saturated rings. The maximum atomic E-state index is 12.5. The molecule has 0 spiro atoms. The summed E-state index contributed by atoms with van der Waals surface area (Å²) in [7, 11) is 0. The highest BCUT2D eigenvalue weighted by Crippen LogP contribution is 2.30. The van der Waals surface area contributed by atoms with E-state index in [2.05, 4.69) is 53.2 Å². The molecule has 136 valence electrons. The monoisotopic (exact) mass is 375 g/mol. The van der Waals surface area contributed by atoms with Gasteiger partial charge in [-0.2, -0.15) is 0 Å². The first-order chi connectivity index (χ1) is 13.2. The molecule has 0 saturated carbocycles. The zero-order valence-electron chi connectivity index (χ0n) is 15.2. The fraction of sp³-hybridized carbons (Fsp3) is 0.273. The van der Waals surface area contributed by atoms with Crippen molar-refractivity contribution in [1.29, 1.82) is 0 Å². The van der Waals surface area contributed by atoms with Crippen molar-refractivity contribution in [2.75, 3.05) is 13.1 Å². The minimum absolute atomic E-state index is 0.246. The summed E-state index contributed by atoms with van der Waals surface area (Å²) in [5.74, 6) is 0.915. The van der Waals surface area contributed by atoms with Crippen molar-refractivity contribution in [1.82, 2.24) is 14.7 Å². The van der Waals surface area contributed by atoms with Gasteiger partial charge in [0.2, 0.25) is 0 Å². The van der Waals surface area contributed by atoms with Crippen molar-refractivity contribution in [3.05, 3.63) is 59.8 Å². The third kappa shape index (κ3) is 3.07. The Labute approximate surface area is 161 Å². The Bertz CT molecular complexity index is 1140. The predicted octanol–water partition coefficient (Wildman–Crippen LogP) is 4.71. The van der Waals surface area contributed by atoms with Gasteiger partial charge in [-0.3, -0.25) is 9.20 Å². The van der Waals surface area contributed by atoms with E-state index in [4.69, 9.17) is 4.98 Å². The van der Waals surface area contributed by atoms with Gasteiger partial charge < -0.3 is 5.32 Å². The second-order valence-corrected chi connectivity index (χ2v) is 8.42. The lowest BCUT2D eigenvalue weighted by molar-refractivity contribution is 0.0969. The summed E-state index contributed by atoms with van der Waals surface area (Å²) in [6.45, 7) is 4.19. The molecule has 4 aromatic rings. The van der Waals surface area contributed by atoms with Gasteiger partial charge in [0.15, 0.2) is 10.7 Å². The smallest absolute Gasteiger partial charge is 0.195 e. The van der Waals surface area contributed by atoms with Gasteiger partial charge in [0.25, 0.3) is 0 Å². The summed E-state index contributed by atoms with van der Waals surface area (Å²) >= 11 is 1.64. The van der Waals surface area contributed by atoms with Gasteiger partial charge >= 0.3 is 0 Å². The number of ketones is 1. The molecular formula is C22H21N3OS. The number of carbonyl (C=O) groups is 1. The van der Waals surface area contributed by atoms with Crippen LogP contribution >= 0.6 is 11.3 Å². The van der Waals surface area contributed by atoms with Crippen LogP contribution in [0.15, 0.2) is 48.7 Å². The van der Waals surface area contributed by atoms with Gasteiger partial charge in [-0.25, -0.2) is 4.98 Å². The molecule has 0 aliphatic carbocycles. The Morgan fingerprint density at radius 3 is 2.78 bits per heavy atom. The summed E-state index contributed by atoms with van der Waals surface area (Å²) in [4.78, 5) is 18.3. The highest BCUT2D eigenvalue weighted by atomic mass is 32.1. The summed E-state index contributed by atoms with van der Waals surface area (Å²) in [5, 5.41) is 3.26. The lowest BCUT2D eigenvalue weighted by Crippen LogP contribution is -2.42. The third-order valence-electron chi connectivity index (χ3n) is 5.41. The first-order valence-electron chi connectivity index (χ1n) is 9.40. The summed E-state index contributed by atoms with van der Waals surface area (Å²) < 4.78 is 3.24. The SMILES string of the molecule is Cc1ccc(-c2cn3c(n2)sc2cc(C(=O)CCC4CNC4)ccc23)cc1. The van der Waals surface area contributed by atoms with Crippen LogP contribution in [-0.4, -0.2) is 28.3 Å². The van der Waals surface area contributed by atoms with Crippen molar-refractivity contribution in [2.45, 2.75) is 19.8 Å². The molecule has 2 aromatic carbocycles. The number of carbonyl (C=O) groups excluding carboxylic acids is 1. The average Bonchev–Trinajstić information content (AvgIpc) is 3.18. The van der Waals surface area contributed by atoms with Crippen LogP contribution < -0.4 is 5.32 Å². The number of hydrogen-bond donors (Lipinski definition) is 1. The highest BCUT2D eigenvalue weighted by Gasteiger charge is 2.19. The maximum absolute atomic E-state index is 12.5. The minimum atomic E-state index is 0.246. The number of thiazole rings is 1. The normalized spacial score (nSPS) is 14.7. The first-order valence-corrected chi connectivity index (χ1v) is 10.2. The van der Waals surface area contributed by atoms with Crippen LogP contribution in [0.3, 0.4) is 0 Å². The van der Waals surface area contributed by atoms with Crippen molar-refractivity contribution < 1.29 is 4.79 Å². The Morgan fingerprint density at radius 2 is 2.04 bits per heavy atom. The number of fused-ring (bicyclic) bond motifs is 3. The number of nitrogens with zero attached hydrogens (tertiary/aromatic N) is 2. The second kappa shape index (κ2) is 6.59. The van der Waals surface area contributed by atoms with Crippen LogP contribution in [-0.2, 0) is 0 Å². The molecule has 0 atom stereocenters. The number of benzene rings is 2. The van der Waals surface area contributed by atoms with E-state index in [1.54, 1.807) is 11.3 Å². The first kappa shape index (κ1) is 16.7. The molecule has 4 nitrogen and oxygen atoms in total. The number of aromatic nitrogens is 2. The van der Waals surface area contributed by atoms with Crippen LogP contribution in [0, 0.1) is 12.8 Å². The molecule has 3 heterocycles. The average molecular weight is 375 g/mol. The van der Waals surface area contributed by atoms with Gasteiger partial charge in [0.1, 0.15) is 0 Å². The Balaban J connectivity index is 1.44. The molecule has 1 saturated heterocycles. The highest BCUT2D eigenvalue weighted by molar-refractivity contribution is 7.23. The van der Waals surface area contributed by atoms with Crippen molar-refractivity contribution in [3.63, 3.8) is 0 Å². The van der Waals surface area contributed by atoms with E-state index < -0.39 is 0 Å². The second-order valence-electron chi connectivity index (χ2n) is 7.42. The van der Waals surface area contributed by atoms with E-state index in [0.29, 0.717) is 12.3 Å². The van der Waals surface area contributed by atoms with E-state index in [1.165, 1.54) is 5.56 Å². The molecule has 0 amide bonds. The molecule has 0 unspecified atom stereocenters. The zero-order chi connectivity index (χ0) is 18.4. The minimum Gasteiger partial charge on any atom is -0.316 e. The number of Topliss-reactive ketones (excluding diaryl/α,β-unsaturated/α-hetero) is 1.